The van der Waals surface area contributed by atoms with Gasteiger partial charge in [0.2, 0.25) is 0 Å². The number of nitrogens with zero attached hydrogens (tertiary/aromatic N) is 3. The SMILES string of the molecule is COc1ccc(N=Nc2c(-c3ccccc3)noc2-c2ccccc2)cc1. The summed E-state index contributed by atoms with van der Waals surface area (Å²) in [7, 11) is 1.63. The van der Waals surface area contributed by atoms with Gasteiger partial charge in [0, 0.05) is 11.1 Å². The second-order valence-electron chi connectivity index (χ2n) is 5.84. The molecule has 0 spiro atoms. The molecule has 1 aromatic heterocycles. The number of azo groups is 1. The minimum absolute atomic E-state index is 0.590. The lowest BCUT2D eigenvalue weighted by molar-refractivity contribution is 0.415. The van der Waals surface area contributed by atoms with Gasteiger partial charge < -0.3 is 9.26 Å². The molecule has 0 radical (unpaired) electrons. The van der Waals surface area contributed by atoms with Crippen LogP contribution in [0.1, 0.15) is 0 Å². The van der Waals surface area contributed by atoms with E-state index in [1.165, 1.54) is 0 Å². The molecule has 27 heavy (non-hydrogen) atoms. The Morgan fingerprint density at radius 2 is 1.37 bits per heavy atom. The smallest absolute Gasteiger partial charge is 0.195 e. The number of rotatable bonds is 5. The second-order valence-corrected chi connectivity index (χ2v) is 5.84. The zero-order valence-corrected chi connectivity index (χ0v) is 14.7. The van der Waals surface area contributed by atoms with Crippen molar-refractivity contribution in [2.24, 2.45) is 10.2 Å². The van der Waals surface area contributed by atoms with E-state index in [1.807, 2.05) is 84.9 Å². The summed E-state index contributed by atoms with van der Waals surface area (Å²) in [5.74, 6) is 1.36. The van der Waals surface area contributed by atoms with E-state index in [1.54, 1.807) is 7.11 Å². The van der Waals surface area contributed by atoms with E-state index in [0.717, 1.165) is 22.6 Å². The minimum atomic E-state index is 0.590. The summed E-state index contributed by atoms with van der Waals surface area (Å²) in [6, 6.07) is 27.0. The Balaban J connectivity index is 1.78. The fraction of sp³-hybridized carbons (Fsp3) is 0.0455. The van der Waals surface area contributed by atoms with Gasteiger partial charge in [-0.15, -0.1) is 5.11 Å². The maximum Gasteiger partial charge on any atom is 0.195 e. The first-order valence-corrected chi connectivity index (χ1v) is 8.51. The summed E-state index contributed by atoms with van der Waals surface area (Å²) in [6.07, 6.45) is 0. The third-order valence-electron chi connectivity index (χ3n) is 4.09. The van der Waals surface area contributed by atoms with Gasteiger partial charge in [-0.05, 0) is 24.3 Å². The highest BCUT2D eigenvalue weighted by Crippen LogP contribution is 2.39. The Hall–Kier alpha value is -3.73. The molecule has 0 fully saturated rings. The molecule has 0 unspecified atom stereocenters. The average Bonchev–Trinajstić information content (AvgIpc) is 3.18. The van der Waals surface area contributed by atoms with Gasteiger partial charge in [0.15, 0.2) is 11.4 Å². The molecule has 4 rings (SSSR count). The largest absolute Gasteiger partial charge is 0.497 e. The van der Waals surface area contributed by atoms with E-state index in [9.17, 15) is 0 Å². The first kappa shape index (κ1) is 16.7. The molecule has 0 aliphatic carbocycles. The standard InChI is InChI=1S/C22H17N3O2/c1-26-19-14-12-18(13-15-19)23-24-21-20(16-8-4-2-5-9-16)25-27-22(21)17-10-6-3-7-11-17/h2-15H,1H3. The Morgan fingerprint density at radius 1 is 0.741 bits per heavy atom. The molecule has 0 saturated heterocycles. The fourth-order valence-corrected chi connectivity index (χ4v) is 2.70. The number of benzene rings is 3. The van der Waals surface area contributed by atoms with Crippen LogP contribution in [0.2, 0.25) is 0 Å². The highest BCUT2D eigenvalue weighted by atomic mass is 16.5. The van der Waals surface area contributed by atoms with Crippen LogP contribution >= 0.6 is 0 Å². The highest BCUT2D eigenvalue weighted by Gasteiger charge is 2.19. The maximum atomic E-state index is 5.64. The lowest BCUT2D eigenvalue weighted by atomic mass is 10.1. The van der Waals surface area contributed by atoms with Crippen molar-refractivity contribution >= 4 is 11.4 Å². The summed E-state index contributed by atoms with van der Waals surface area (Å²) in [6.45, 7) is 0. The van der Waals surface area contributed by atoms with Crippen molar-refractivity contribution in [3.05, 3.63) is 84.9 Å². The third kappa shape index (κ3) is 3.62. The minimum Gasteiger partial charge on any atom is -0.497 e. The number of methoxy groups -OCH3 is 1. The molecule has 132 valence electrons. The van der Waals surface area contributed by atoms with Crippen LogP contribution in [0.5, 0.6) is 5.75 Å². The molecule has 0 saturated carbocycles. The van der Waals surface area contributed by atoms with Gasteiger partial charge in [-0.2, -0.15) is 5.11 Å². The highest BCUT2D eigenvalue weighted by molar-refractivity contribution is 5.82. The fourth-order valence-electron chi connectivity index (χ4n) is 2.70. The van der Waals surface area contributed by atoms with E-state index in [4.69, 9.17) is 9.26 Å². The Morgan fingerprint density at radius 3 is 2.00 bits per heavy atom. The Bertz CT molecular complexity index is 983. The van der Waals surface area contributed by atoms with Gasteiger partial charge in [0.25, 0.3) is 0 Å². The molecule has 0 N–H and O–H groups in total. The van der Waals surface area contributed by atoms with E-state index < -0.39 is 0 Å². The first-order chi connectivity index (χ1) is 13.3. The van der Waals surface area contributed by atoms with Gasteiger partial charge in [-0.25, -0.2) is 0 Å². The van der Waals surface area contributed by atoms with E-state index in [2.05, 4.69) is 15.4 Å². The molecule has 0 atom stereocenters. The molecule has 0 aliphatic rings. The Labute approximate surface area is 156 Å². The third-order valence-corrected chi connectivity index (χ3v) is 4.09. The lowest BCUT2D eigenvalue weighted by Gasteiger charge is -2.00. The Kier molecular flexibility index (Phi) is 4.74. The van der Waals surface area contributed by atoms with Gasteiger partial charge in [0.1, 0.15) is 11.4 Å². The summed E-state index contributed by atoms with van der Waals surface area (Å²) in [5.41, 5.74) is 3.80. The molecule has 3 aromatic carbocycles. The van der Waals surface area contributed by atoms with Crippen LogP contribution in [-0.2, 0) is 0 Å². The topological polar surface area (TPSA) is 60.0 Å². The van der Waals surface area contributed by atoms with Crippen LogP contribution in [0.25, 0.3) is 22.6 Å². The van der Waals surface area contributed by atoms with Crippen molar-refractivity contribution in [1.82, 2.24) is 5.16 Å². The summed E-state index contributed by atoms with van der Waals surface area (Å²) >= 11 is 0. The predicted octanol–water partition coefficient (Wildman–Crippen LogP) is 6.43. The van der Waals surface area contributed by atoms with Crippen molar-refractivity contribution in [1.29, 1.82) is 0 Å². The number of hydrogen-bond acceptors (Lipinski definition) is 5. The van der Waals surface area contributed by atoms with Gasteiger partial charge >= 0.3 is 0 Å². The zero-order valence-electron chi connectivity index (χ0n) is 14.7. The molecular weight excluding hydrogens is 338 g/mol. The second kappa shape index (κ2) is 7.66. The van der Waals surface area contributed by atoms with Crippen LogP contribution < -0.4 is 4.74 Å². The van der Waals surface area contributed by atoms with Gasteiger partial charge in [-0.1, -0.05) is 65.8 Å². The maximum absolute atomic E-state index is 5.64. The first-order valence-electron chi connectivity index (χ1n) is 8.51. The summed E-state index contributed by atoms with van der Waals surface area (Å²) in [4.78, 5) is 0. The molecule has 5 heteroatoms. The van der Waals surface area contributed by atoms with Crippen LogP contribution in [0.3, 0.4) is 0 Å². The van der Waals surface area contributed by atoms with E-state index in [0.29, 0.717) is 17.1 Å². The molecule has 0 amide bonds. The van der Waals surface area contributed by atoms with Gasteiger partial charge in [-0.3, -0.25) is 0 Å². The molecule has 4 aromatic rings. The van der Waals surface area contributed by atoms with Crippen molar-refractivity contribution < 1.29 is 9.26 Å². The summed E-state index contributed by atoms with van der Waals surface area (Å²) < 4.78 is 10.8. The van der Waals surface area contributed by atoms with Crippen LogP contribution in [0.15, 0.2) is 99.7 Å². The average molecular weight is 355 g/mol. The van der Waals surface area contributed by atoms with Crippen LogP contribution in [0.4, 0.5) is 11.4 Å². The molecule has 0 aliphatic heterocycles. The normalized spacial score (nSPS) is 11.0. The van der Waals surface area contributed by atoms with Gasteiger partial charge in [0.05, 0.1) is 12.8 Å². The zero-order chi connectivity index (χ0) is 18.5. The van der Waals surface area contributed by atoms with E-state index >= 15 is 0 Å². The van der Waals surface area contributed by atoms with Crippen molar-refractivity contribution in [3.8, 4) is 28.3 Å². The van der Waals surface area contributed by atoms with Crippen LogP contribution in [-0.4, -0.2) is 12.3 Å². The predicted molar refractivity (Wildman–Crippen MR) is 105 cm³/mol. The summed E-state index contributed by atoms with van der Waals surface area (Å²) in [5, 5.41) is 13.1. The number of hydrogen-bond donors (Lipinski definition) is 0. The van der Waals surface area contributed by atoms with Crippen molar-refractivity contribution in [2.75, 3.05) is 7.11 Å². The molecule has 0 bridgehead atoms. The molecular formula is C22H17N3O2. The number of ether oxygens (including phenoxy) is 1. The number of aromatic nitrogens is 1. The van der Waals surface area contributed by atoms with Crippen molar-refractivity contribution in [2.45, 2.75) is 0 Å². The monoisotopic (exact) mass is 355 g/mol. The van der Waals surface area contributed by atoms with Crippen molar-refractivity contribution in [3.63, 3.8) is 0 Å². The molecule has 1 heterocycles. The lowest BCUT2D eigenvalue weighted by Crippen LogP contribution is -1.80. The van der Waals surface area contributed by atoms with Crippen LogP contribution in [0, 0.1) is 0 Å². The van der Waals surface area contributed by atoms with E-state index in [-0.39, 0.29) is 0 Å². The quantitative estimate of drug-likeness (QED) is 0.387. The molecule has 5 nitrogen and oxygen atoms in total.